The molecule has 10 nitrogen and oxygen atoms in total. The average Bonchev–Trinajstić information content (AvgIpc) is 3.25. The number of ether oxygens (including phenoxy) is 3. The molecule has 0 saturated heterocycles. The number of aliphatic hydroxyl groups is 1. The molecular weight excluding hydrogens is 452 g/mol. The summed E-state index contributed by atoms with van der Waals surface area (Å²) >= 11 is 0. The van der Waals surface area contributed by atoms with E-state index in [1.165, 1.54) is 0 Å². The van der Waals surface area contributed by atoms with E-state index in [0.717, 1.165) is 0 Å². The van der Waals surface area contributed by atoms with Crippen molar-refractivity contribution in [1.29, 1.82) is 0 Å². The molecule has 10 heteroatoms. The molecule has 0 radical (unpaired) electrons. The van der Waals surface area contributed by atoms with Gasteiger partial charge in [-0.15, -0.1) is 0 Å². The van der Waals surface area contributed by atoms with Gasteiger partial charge < -0.3 is 29.5 Å². The number of benzene rings is 2. The highest BCUT2D eigenvalue weighted by Crippen LogP contribution is 2.33. The number of rotatable bonds is 8. The van der Waals surface area contributed by atoms with Crippen molar-refractivity contribution in [3.8, 4) is 23.0 Å². The van der Waals surface area contributed by atoms with Gasteiger partial charge in [-0.25, -0.2) is 0 Å². The van der Waals surface area contributed by atoms with Crippen molar-refractivity contribution in [2.24, 2.45) is 0 Å². The van der Waals surface area contributed by atoms with Crippen LogP contribution in [-0.4, -0.2) is 64.5 Å². The normalized spacial score (nSPS) is 13.9. The van der Waals surface area contributed by atoms with Gasteiger partial charge in [-0.05, 0) is 38.1 Å². The van der Waals surface area contributed by atoms with Crippen molar-refractivity contribution in [2.75, 3.05) is 32.1 Å². The zero-order valence-electron chi connectivity index (χ0n) is 19.9. The smallest absolute Gasteiger partial charge is 0.257 e. The summed E-state index contributed by atoms with van der Waals surface area (Å²) in [4.78, 5) is 27.0. The van der Waals surface area contributed by atoms with Crippen LogP contribution in [0.3, 0.4) is 0 Å². The maximum absolute atomic E-state index is 12.9. The molecule has 3 aromatic rings. The third-order valence-corrected chi connectivity index (χ3v) is 5.39. The van der Waals surface area contributed by atoms with Crippen LogP contribution in [0.5, 0.6) is 23.0 Å². The van der Waals surface area contributed by atoms with E-state index in [4.69, 9.17) is 14.2 Å². The monoisotopic (exact) mass is 480 g/mol. The largest absolute Gasteiger partial charge is 0.491 e. The summed E-state index contributed by atoms with van der Waals surface area (Å²) in [7, 11) is 1.73. The number of hydrogen-bond acceptors (Lipinski definition) is 7. The first-order chi connectivity index (χ1) is 16.9. The zero-order valence-corrected chi connectivity index (χ0v) is 19.9. The number of aliphatic hydroxyl groups excluding tert-OH is 1. The van der Waals surface area contributed by atoms with Crippen LogP contribution in [0.1, 0.15) is 34.6 Å². The van der Waals surface area contributed by atoms with Crippen LogP contribution in [0.15, 0.2) is 48.7 Å². The summed E-state index contributed by atoms with van der Waals surface area (Å²) in [5.41, 5.74) is 0.745. The lowest BCUT2D eigenvalue weighted by Crippen LogP contribution is -2.27. The first-order valence-electron chi connectivity index (χ1n) is 11.3. The van der Waals surface area contributed by atoms with Crippen LogP contribution in [-0.2, 0) is 6.54 Å². The standard InChI is InChI=1S/C25H28N4O6/c1-4-29-8-7-23(27-29)26-24(31)17-11-19(34-16(2)15-30)13-20(12-17)35-18-5-6-21-22(14-18)33-10-9-28(3)25(21)32/h5-8,11-14,16,30H,4,9-10,15H2,1-3H3,(H,26,27,31)/t16-/m0/s1. The van der Waals surface area contributed by atoms with E-state index in [9.17, 15) is 14.7 Å². The molecule has 0 fully saturated rings. The molecule has 184 valence electrons. The first kappa shape index (κ1) is 24.1. The van der Waals surface area contributed by atoms with E-state index >= 15 is 0 Å². The van der Waals surface area contributed by atoms with Gasteiger partial charge in [0.25, 0.3) is 11.8 Å². The van der Waals surface area contributed by atoms with Crippen molar-refractivity contribution in [3.63, 3.8) is 0 Å². The molecule has 2 N–H and O–H groups in total. The van der Waals surface area contributed by atoms with Gasteiger partial charge in [-0.2, -0.15) is 5.10 Å². The molecule has 0 saturated carbocycles. The fourth-order valence-corrected chi connectivity index (χ4v) is 3.49. The Morgan fingerprint density at radius 1 is 1.20 bits per heavy atom. The Kier molecular flexibility index (Phi) is 7.21. The highest BCUT2D eigenvalue weighted by molar-refractivity contribution is 6.04. The van der Waals surface area contributed by atoms with E-state index in [1.807, 2.05) is 6.92 Å². The summed E-state index contributed by atoms with van der Waals surface area (Å²) in [6, 6.07) is 11.4. The second-order valence-corrected chi connectivity index (χ2v) is 8.15. The molecule has 0 aliphatic carbocycles. The minimum Gasteiger partial charge on any atom is -0.491 e. The molecule has 0 bridgehead atoms. The van der Waals surface area contributed by atoms with Gasteiger partial charge >= 0.3 is 0 Å². The Hall–Kier alpha value is -4.05. The molecular formula is C25H28N4O6. The maximum Gasteiger partial charge on any atom is 0.257 e. The number of hydrogen-bond donors (Lipinski definition) is 2. The summed E-state index contributed by atoms with van der Waals surface area (Å²) in [5.74, 6) is 1.47. The van der Waals surface area contributed by atoms with Gasteiger partial charge in [0.05, 0.1) is 18.7 Å². The molecule has 1 aliphatic heterocycles. The Morgan fingerprint density at radius 3 is 2.74 bits per heavy atom. The van der Waals surface area contributed by atoms with Gasteiger partial charge in [-0.1, -0.05) is 0 Å². The number of fused-ring (bicyclic) bond motifs is 1. The summed E-state index contributed by atoms with van der Waals surface area (Å²) in [6.07, 6.45) is 1.29. The predicted octanol–water partition coefficient (Wildman–Crippen LogP) is 3.17. The number of aromatic nitrogens is 2. The van der Waals surface area contributed by atoms with E-state index in [2.05, 4.69) is 10.4 Å². The fraction of sp³-hybridized carbons (Fsp3) is 0.320. The summed E-state index contributed by atoms with van der Waals surface area (Å²) in [6.45, 7) is 5.02. The number of nitrogens with zero attached hydrogens (tertiary/aromatic N) is 3. The molecule has 4 rings (SSSR count). The highest BCUT2D eigenvalue weighted by atomic mass is 16.5. The summed E-state index contributed by atoms with van der Waals surface area (Å²) in [5, 5.41) is 16.4. The van der Waals surface area contributed by atoms with E-state index in [-0.39, 0.29) is 18.1 Å². The molecule has 0 spiro atoms. The van der Waals surface area contributed by atoms with Crippen LogP contribution in [0, 0.1) is 0 Å². The third kappa shape index (κ3) is 5.72. The first-order valence-corrected chi connectivity index (χ1v) is 11.3. The molecule has 1 atom stereocenters. The van der Waals surface area contributed by atoms with Gasteiger partial charge in [0.15, 0.2) is 5.82 Å². The maximum atomic E-state index is 12.9. The van der Waals surface area contributed by atoms with Crippen LogP contribution >= 0.6 is 0 Å². The lowest BCUT2D eigenvalue weighted by Gasteiger charge is -2.16. The predicted molar refractivity (Wildman–Crippen MR) is 128 cm³/mol. The van der Waals surface area contributed by atoms with Crippen molar-refractivity contribution in [2.45, 2.75) is 26.5 Å². The van der Waals surface area contributed by atoms with Crippen molar-refractivity contribution < 1.29 is 28.9 Å². The van der Waals surface area contributed by atoms with E-state index < -0.39 is 12.0 Å². The number of carbonyl (C=O) groups excluding carboxylic acids is 2. The lowest BCUT2D eigenvalue weighted by molar-refractivity contribution is 0.0796. The van der Waals surface area contributed by atoms with Crippen molar-refractivity contribution in [3.05, 3.63) is 59.8 Å². The number of likely N-dealkylation sites (N-methyl/N-ethyl adjacent to an activating group) is 1. The Labute approximate surface area is 203 Å². The minimum absolute atomic E-state index is 0.123. The van der Waals surface area contributed by atoms with Crippen LogP contribution in [0.4, 0.5) is 5.82 Å². The topological polar surface area (TPSA) is 115 Å². The second-order valence-electron chi connectivity index (χ2n) is 8.15. The van der Waals surface area contributed by atoms with Crippen molar-refractivity contribution in [1.82, 2.24) is 14.7 Å². The number of aryl methyl sites for hydroxylation is 1. The number of anilines is 1. The molecule has 0 unspecified atom stereocenters. The fourth-order valence-electron chi connectivity index (χ4n) is 3.49. The number of nitrogens with one attached hydrogen (secondary N) is 1. The van der Waals surface area contributed by atoms with E-state index in [1.54, 1.807) is 72.2 Å². The van der Waals surface area contributed by atoms with Crippen molar-refractivity contribution >= 4 is 17.6 Å². The van der Waals surface area contributed by atoms with Gasteiger partial charge in [-0.3, -0.25) is 14.3 Å². The van der Waals surface area contributed by atoms with E-state index in [0.29, 0.717) is 54.1 Å². The summed E-state index contributed by atoms with van der Waals surface area (Å²) < 4.78 is 19.2. The SMILES string of the molecule is CCn1ccc(NC(=O)c2cc(Oc3ccc4c(c3)OCCN(C)C4=O)cc(O[C@@H](C)CO)c2)n1. The number of carbonyl (C=O) groups is 2. The van der Waals surface area contributed by atoms with Crippen LogP contribution in [0.2, 0.25) is 0 Å². The van der Waals surface area contributed by atoms with Crippen LogP contribution in [0.25, 0.3) is 0 Å². The zero-order chi connectivity index (χ0) is 24.9. The number of amides is 2. The molecule has 2 heterocycles. The molecule has 35 heavy (non-hydrogen) atoms. The highest BCUT2D eigenvalue weighted by Gasteiger charge is 2.22. The Balaban J connectivity index is 1.61. The Bertz CT molecular complexity index is 1220. The minimum atomic E-state index is -0.481. The van der Waals surface area contributed by atoms with Gasteiger partial charge in [0.1, 0.15) is 35.7 Å². The Morgan fingerprint density at radius 2 is 2.00 bits per heavy atom. The van der Waals surface area contributed by atoms with Crippen LogP contribution < -0.4 is 19.5 Å². The quantitative estimate of drug-likeness (QED) is 0.509. The third-order valence-electron chi connectivity index (χ3n) is 5.39. The molecule has 2 aromatic carbocycles. The van der Waals surface area contributed by atoms with Gasteiger partial charge in [0, 0.05) is 43.6 Å². The lowest BCUT2D eigenvalue weighted by atomic mass is 10.1. The van der Waals surface area contributed by atoms with Gasteiger partial charge in [0.2, 0.25) is 0 Å². The average molecular weight is 481 g/mol. The second kappa shape index (κ2) is 10.5. The molecule has 1 aliphatic rings. The molecule has 2 amide bonds. The molecule has 1 aromatic heterocycles.